The largest absolute Gasteiger partial charge is 0.550 e. The lowest BCUT2D eigenvalue weighted by Crippen LogP contribution is -2.42. The first-order valence-corrected chi connectivity index (χ1v) is 10.8. The number of allylic oxidation sites excluding steroid dienone is 2. The van der Waals surface area contributed by atoms with Gasteiger partial charge in [-0.25, -0.2) is 4.79 Å². The van der Waals surface area contributed by atoms with Gasteiger partial charge in [-0.2, -0.15) is 0 Å². The zero-order chi connectivity index (χ0) is 19.8. The van der Waals surface area contributed by atoms with Crippen LogP contribution in [0, 0.1) is 23.7 Å². The van der Waals surface area contributed by atoms with Crippen LogP contribution in [0.5, 0.6) is 0 Å². The minimum Gasteiger partial charge on any atom is -0.550 e. The molecule has 4 atom stereocenters. The van der Waals surface area contributed by atoms with Gasteiger partial charge in [0.15, 0.2) is 0 Å². The normalized spacial score (nSPS) is 27.9. The number of carbonyl (C=O) groups excluding carboxylic acids is 3. The molecule has 1 heterocycles. The number of anilines is 1. The summed E-state index contributed by atoms with van der Waals surface area (Å²) in [6, 6.07) is 0. The first-order valence-electron chi connectivity index (χ1n) is 10.0. The van der Waals surface area contributed by atoms with Crippen molar-refractivity contribution in [3.8, 4) is 0 Å². The minimum absolute atomic E-state index is 0.0864. The number of fused-ring (bicyclic) bond motifs is 3. The fraction of sp³-hybridized carbons (Fsp3) is 0.571. The Labute approximate surface area is 168 Å². The van der Waals surface area contributed by atoms with E-state index in [1.54, 1.807) is 6.92 Å². The summed E-state index contributed by atoms with van der Waals surface area (Å²) in [6.45, 7) is 2.02. The van der Waals surface area contributed by atoms with Gasteiger partial charge >= 0.3 is 5.97 Å². The second-order valence-electron chi connectivity index (χ2n) is 7.80. The number of carbonyl (C=O) groups is 3. The number of hydrogen-bond donors (Lipinski definition) is 1. The Bertz CT molecular complexity index is 842. The number of aryl methyl sites for hydroxylation is 1. The molecule has 0 aliphatic heterocycles. The van der Waals surface area contributed by atoms with Gasteiger partial charge in [-0.3, -0.25) is 4.79 Å². The zero-order valence-electron chi connectivity index (χ0n) is 15.9. The number of amides is 1. The number of carboxylic acid groups (broad SMARTS) is 1. The number of hydrogen-bond acceptors (Lipinski definition) is 6. The minimum atomic E-state index is -1.18. The summed E-state index contributed by atoms with van der Waals surface area (Å²) in [5.41, 5.74) is 1.45. The van der Waals surface area contributed by atoms with Gasteiger partial charge < -0.3 is 20.0 Å². The highest BCUT2D eigenvalue weighted by Gasteiger charge is 2.49. The summed E-state index contributed by atoms with van der Waals surface area (Å²) < 4.78 is 5.25. The molecule has 1 aromatic rings. The molecule has 2 bridgehead atoms. The van der Waals surface area contributed by atoms with Gasteiger partial charge in [-0.15, -0.1) is 11.3 Å². The molecule has 0 saturated heterocycles. The summed E-state index contributed by atoms with van der Waals surface area (Å²) in [4.78, 5) is 38.4. The Kier molecular flexibility index (Phi) is 5.27. The molecular formula is C21H24NO5S-. The van der Waals surface area contributed by atoms with Gasteiger partial charge in [0, 0.05) is 16.8 Å². The molecule has 4 rings (SSSR count). The van der Waals surface area contributed by atoms with Crippen LogP contribution in [-0.2, 0) is 27.2 Å². The van der Waals surface area contributed by atoms with E-state index in [4.69, 9.17) is 4.74 Å². The van der Waals surface area contributed by atoms with E-state index in [0.717, 1.165) is 42.5 Å². The van der Waals surface area contributed by atoms with Crippen LogP contribution in [0.3, 0.4) is 0 Å². The van der Waals surface area contributed by atoms with Crippen molar-refractivity contribution in [1.29, 1.82) is 0 Å². The van der Waals surface area contributed by atoms with E-state index >= 15 is 0 Å². The maximum absolute atomic E-state index is 13.1. The number of carboxylic acids is 1. The molecule has 28 heavy (non-hydrogen) atoms. The molecule has 0 aromatic carbocycles. The van der Waals surface area contributed by atoms with Gasteiger partial charge in [0.2, 0.25) is 5.91 Å². The average molecular weight is 402 g/mol. The van der Waals surface area contributed by atoms with Gasteiger partial charge in [-0.05, 0) is 56.4 Å². The van der Waals surface area contributed by atoms with Crippen molar-refractivity contribution in [2.45, 2.75) is 45.4 Å². The summed E-state index contributed by atoms with van der Waals surface area (Å²) in [6.07, 6.45) is 9.37. The number of thiophene rings is 1. The SMILES string of the molecule is CCOC(=O)c1c(NC(=O)[C@@H]2[C@@H](C(=O)[O-])[C@H]3C=C[C@@H]2C3)sc2c1CCCCC2. The molecule has 3 aliphatic carbocycles. The van der Waals surface area contributed by atoms with Crippen LogP contribution in [0.25, 0.3) is 0 Å². The highest BCUT2D eigenvalue weighted by atomic mass is 32.1. The fourth-order valence-corrected chi connectivity index (χ4v) is 6.23. The quantitative estimate of drug-likeness (QED) is 0.463. The summed E-state index contributed by atoms with van der Waals surface area (Å²) in [5.74, 6) is -3.62. The Morgan fingerprint density at radius 1 is 1.14 bits per heavy atom. The number of rotatable bonds is 5. The lowest BCUT2D eigenvalue weighted by atomic mass is 9.82. The fourth-order valence-electron chi connectivity index (χ4n) is 4.95. The molecule has 0 spiro atoms. The van der Waals surface area contributed by atoms with Crippen molar-refractivity contribution in [3.63, 3.8) is 0 Å². The van der Waals surface area contributed by atoms with Crippen LogP contribution in [0.1, 0.15) is 53.4 Å². The van der Waals surface area contributed by atoms with E-state index in [1.807, 2.05) is 12.2 Å². The van der Waals surface area contributed by atoms with Crippen molar-refractivity contribution >= 4 is 34.2 Å². The summed E-state index contributed by atoms with van der Waals surface area (Å²) in [5, 5.41) is 15.0. The van der Waals surface area contributed by atoms with Gasteiger partial charge in [-0.1, -0.05) is 18.6 Å². The van der Waals surface area contributed by atoms with E-state index < -0.39 is 23.8 Å². The first-order chi connectivity index (χ1) is 13.5. The molecule has 1 fully saturated rings. The molecule has 1 N–H and O–H groups in total. The second-order valence-corrected chi connectivity index (χ2v) is 8.90. The third-order valence-electron chi connectivity index (χ3n) is 6.17. The smallest absolute Gasteiger partial charge is 0.341 e. The third kappa shape index (κ3) is 3.26. The van der Waals surface area contributed by atoms with Crippen molar-refractivity contribution < 1.29 is 24.2 Å². The third-order valence-corrected chi connectivity index (χ3v) is 7.38. The van der Waals surface area contributed by atoms with Crippen LogP contribution in [0.15, 0.2) is 12.2 Å². The van der Waals surface area contributed by atoms with Gasteiger partial charge in [0.1, 0.15) is 5.00 Å². The summed E-state index contributed by atoms with van der Waals surface area (Å²) in [7, 11) is 0. The van der Waals surface area contributed by atoms with Crippen LogP contribution in [-0.4, -0.2) is 24.5 Å². The van der Waals surface area contributed by atoms with Gasteiger partial charge in [0.05, 0.1) is 18.1 Å². The van der Waals surface area contributed by atoms with E-state index in [9.17, 15) is 19.5 Å². The maximum Gasteiger partial charge on any atom is 0.341 e. The first kappa shape index (κ1) is 19.2. The van der Waals surface area contributed by atoms with E-state index in [-0.39, 0.29) is 24.3 Å². The Hall–Kier alpha value is -2.15. The van der Waals surface area contributed by atoms with E-state index in [2.05, 4.69) is 5.32 Å². The predicted octanol–water partition coefficient (Wildman–Crippen LogP) is 2.32. The molecular weight excluding hydrogens is 378 g/mol. The van der Waals surface area contributed by atoms with Crippen molar-refractivity contribution in [2.24, 2.45) is 23.7 Å². The van der Waals surface area contributed by atoms with Crippen LogP contribution >= 0.6 is 11.3 Å². The van der Waals surface area contributed by atoms with Crippen LogP contribution in [0.4, 0.5) is 5.00 Å². The topological polar surface area (TPSA) is 95.5 Å². The highest BCUT2D eigenvalue weighted by Crippen LogP contribution is 2.48. The Morgan fingerprint density at radius 2 is 1.86 bits per heavy atom. The van der Waals surface area contributed by atoms with Crippen LogP contribution < -0.4 is 10.4 Å². The molecule has 1 aromatic heterocycles. The number of ether oxygens (including phenoxy) is 1. The molecule has 150 valence electrons. The van der Waals surface area contributed by atoms with E-state index in [1.165, 1.54) is 11.3 Å². The number of esters is 1. The van der Waals surface area contributed by atoms with Crippen LogP contribution in [0.2, 0.25) is 0 Å². The Morgan fingerprint density at radius 3 is 2.57 bits per heavy atom. The standard InChI is InChI=1S/C21H25NO5S/c1-2-27-21(26)17-13-6-4-3-5-7-14(13)28-19(17)22-18(23)15-11-8-9-12(10-11)16(15)20(24)25/h8-9,11-12,15-16H,2-7,10H2,1H3,(H,22,23)(H,24,25)/p-1/t11-,12+,15+,16+/m1/s1. The van der Waals surface area contributed by atoms with Crippen molar-refractivity contribution in [1.82, 2.24) is 0 Å². The zero-order valence-corrected chi connectivity index (χ0v) is 16.7. The second kappa shape index (κ2) is 7.70. The van der Waals surface area contributed by atoms with Gasteiger partial charge in [0.25, 0.3) is 0 Å². The van der Waals surface area contributed by atoms with Crippen molar-refractivity contribution in [3.05, 3.63) is 28.2 Å². The van der Waals surface area contributed by atoms with E-state index in [0.29, 0.717) is 17.0 Å². The maximum atomic E-state index is 13.1. The molecule has 1 saturated carbocycles. The average Bonchev–Trinajstić information content (AvgIpc) is 3.31. The predicted molar refractivity (Wildman–Crippen MR) is 103 cm³/mol. The molecule has 7 heteroatoms. The highest BCUT2D eigenvalue weighted by molar-refractivity contribution is 7.17. The lowest BCUT2D eigenvalue weighted by Gasteiger charge is -2.27. The lowest BCUT2D eigenvalue weighted by molar-refractivity contribution is -0.313. The summed E-state index contributed by atoms with van der Waals surface area (Å²) >= 11 is 1.43. The molecule has 1 amide bonds. The molecule has 0 unspecified atom stereocenters. The number of aliphatic carboxylic acids is 1. The number of nitrogens with one attached hydrogen (secondary N) is 1. The monoisotopic (exact) mass is 402 g/mol. The molecule has 3 aliphatic rings. The molecule has 0 radical (unpaired) electrons. The Balaban J connectivity index is 1.64. The molecule has 6 nitrogen and oxygen atoms in total. The van der Waals surface area contributed by atoms with Crippen molar-refractivity contribution in [2.75, 3.05) is 11.9 Å².